The van der Waals surface area contributed by atoms with E-state index in [-0.39, 0.29) is 6.09 Å². The second kappa shape index (κ2) is 5.47. The number of carbonyl (C=O) groups excluding carboxylic acids is 1. The van der Waals surface area contributed by atoms with Gasteiger partial charge in [0.1, 0.15) is 5.60 Å². The van der Waals surface area contributed by atoms with E-state index in [4.69, 9.17) is 4.74 Å². The first-order valence-electron chi connectivity index (χ1n) is 7.20. The van der Waals surface area contributed by atoms with Crippen molar-refractivity contribution in [2.75, 3.05) is 13.1 Å². The highest BCUT2D eigenvalue weighted by Gasteiger charge is 2.36. The van der Waals surface area contributed by atoms with Crippen LogP contribution in [-0.4, -0.2) is 41.8 Å². The van der Waals surface area contributed by atoms with Gasteiger partial charge in [0.25, 0.3) is 0 Å². The number of hydrogen-bond acceptors (Lipinski definition) is 3. The summed E-state index contributed by atoms with van der Waals surface area (Å²) in [4.78, 5) is 14.2. The molecule has 104 valence electrons. The SMILES string of the molecule is CC(C)(C)OC(=O)N1CCN[C@@H]2CCCCC[C@@H]21. The summed E-state index contributed by atoms with van der Waals surface area (Å²) in [6, 6.07) is 0.796. The monoisotopic (exact) mass is 254 g/mol. The van der Waals surface area contributed by atoms with Gasteiger partial charge in [0.15, 0.2) is 0 Å². The van der Waals surface area contributed by atoms with Crippen LogP contribution in [0.1, 0.15) is 52.9 Å². The molecule has 1 saturated heterocycles. The lowest BCUT2D eigenvalue weighted by atomic mass is 9.99. The zero-order valence-electron chi connectivity index (χ0n) is 11.9. The molecule has 2 atom stereocenters. The van der Waals surface area contributed by atoms with E-state index in [1.807, 2.05) is 25.7 Å². The lowest BCUT2D eigenvalue weighted by molar-refractivity contribution is 0.00478. The van der Waals surface area contributed by atoms with Gasteiger partial charge < -0.3 is 15.0 Å². The maximum atomic E-state index is 12.3. The van der Waals surface area contributed by atoms with Crippen LogP contribution < -0.4 is 5.32 Å². The Morgan fingerprint density at radius 3 is 2.67 bits per heavy atom. The molecule has 1 aliphatic carbocycles. The Kier molecular flexibility index (Phi) is 4.15. The third-order valence-electron chi connectivity index (χ3n) is 3.77. The Hall–Kier alpha value is -0.770. The molecule has 0 spiro atoms. The molecule has 0 aromatic heterocycles. The van der Waals surface area contributed by atoms with Gasteiger partial charge in [0.2, 0.25) is 0 Å². The number of hydrogen-bond donors (Lipinski definition) is 1. The van der Waals surface area contributed by atoms with Gasteiger partial charge in [0, 0.05) is 19.1 Å². The highest BCUT2D eigenvalue weighted by atomic mass is 16.6. The number of nitrogens with one attached hydrogen (secondary N) is 1. The Morgan fingerprint density at radius 2 is 1.94 bits per heavy atom. The van der Waals surface area contributed by atoms with E-state index in [1.54, 1.807) is 0 Å². The summed E-state index contributed by atoms with van der Waals surface area (Å²) in [6.45, 7) is 7.45. The van der Waals surface area contributed by atoms with E-state index in [0.717, 1.165) is 19.5 Å². The van der Waals surface area contributed by atoms with E-state index in [1.165, 1.54) is 25.7 Å². The van der Waals surface area contributed by atoms with Crippen molar-refractivity contribution < 1.29 is 9.53 Å². The average Bonchev–Trinajstić information content (AvgIpc) is 2.50. The number of rotatable bonds is 0. The van der Waals surface area contributed by atoms with Crippen LogP contribution in [0.4, 0.5) is 4.79 Å². The van der Waals surface area contributed by atoms with E-state index < -0.39 is 5.60 Å². The fourth-order valence-corrected chi connectivity index (χ4v) is 2.98. The summed E-state index contributed by atoms with van der Waals surface area (Å²) in [5.41, 5.74) is -0.401. The summed E-state index contributed by atoms with van der Waals surface area (Å²) in [5, 5.41) is 3.56. The van der Waals surface area contributed by atoms with Crippen LogP contribution in [0.5, 0.6) is 0 Å². The standard InChI is InChI=1S/C14H26N2O2/c1-14(2,3)18-13(17)16-10-9-15-11-7-5-4-6-8-12(11)16/h11-12,15H,4-10H2,1-3H3/t11-,12+/m1/s1. The summed E-state index contributed by atoms with van der Waals surface area (Å²) in [5.74, 6) is 0. The molecule has 1 amide bonds. The van der Waals surface area contributed by atoms with Crippen LogP contribution in [0.3, 0.4) is 0 Å². The molecule has 2 rings (SSSR count). The van der Waals surface area contributed by atoms with Crippen LogP contribution in [0, 0.1) is 0 Å². The summed E-state index contributed by atoms with van der Waals surface area (Å²) in [7, 11) is 0. The van der Waals surface area contributed by atoms with Crippen molar-refractivity contribution in [1.82, 2.24) is 10.2 Å². The number of amides is 1. The summed E-state index contributed by atoms with van der Waals surface area (Å²) < 4.78 is 5.53. The average molecular weight is 254 g/mol. The van der Waals surface area contributed by atoms with Crippen molar-refractivity contribution in [1.29, 1.82) is 0 Å². The number of ether oxygens (including phenoxy) is 1. The Balaban J connectivity index is 2.03. The minimum absolute atomic E-state index is 0.138. The smallest absolute Gasteiger partial charge is 0.410 e. The molecule has 2 aliphatic rings. The second-order valence-corrected chi connectivity index (χ2v) is 6.44. The van der Waals surface area contributed by atoms with Gasteiger partial charge in [-0.3, -0.25) is 0 Å². The summed E-state index contributed by atoms with van der Waals surface area (Å²) >= 11 is 0. The zero-order chi connectivity index (χ0) is 13.2. The van der Waals surface area contributed by atoms with E-state index in [0.29, 0.717) is 12.1 Å². The highest BCUT2D eigenvalue weighted by molar-refractivity contribution is 5.69. The minimum atomic E-state index is -0.401. The van der Waals surface area contributed by atoms with E-state index in [9.17, 15) is 4.79 Å². The van der Waals surface area contributed by atoms with E-state index in [2.05, 4.69) is 5.32 Å². The molecule has 0 bridgehead atoms. The van der Waals surface area contributed by atoms with Gasteiger partial charge in [0.05, 0.1) is 6.04 Å². The molecule has 18 heavy (non-hydrogen) atoms. The molecule has 4 nitrogen and oxygen atoms in total. The van der Waals surface area contributed by atoms with Gasteiger partial charge in [-0.05, 0) is 33.6 Å². The Labute approximate surface area is 110 Å². The Morgan fingerprint density at radius 1 is 1.22 bits per heavy atom. The summed E-state index contributed by atoms with van der Waals surface area (Å²) in [6.07, 6.45) is 5.94. The molecule has 0 unspecified atom stereocenters. The van der Waals surface area contributed by atoms with Gasteiger partial charge in [-0.2, -0.15) is 0 Å². The number of carbonyl (C=O) groups is 1. The molecular formula is C14H26N2O2. The van der Waals surface area contributed by atoms with Gasteiger partial charge >= 0.3 is 6.09 Å². The predicted octanol–water partition coefficient (Wildman–Crippen LogP) is 2.53. The van der Waals surface area contributed by atoms with E-state index >= 15 is 0 Å². The fraction of sp³-hybridized carbons (Fsp3) is 0.929. The van der Waals surface area contributed by atoms with Crippen LogP contribution in [0.2, 0.25) is 0 Å². The van der Waals surface area contributed by atoms with Crippen LogP contribution >= 0.6 is 0 Å². The topological polar surface area (TPSA) is 41.6 Å². The van der Waals surface area contributed by atoms with Crippen LogP contribution in [0.25, 0.3) is 0 Å². The molecule has 1 heterocycles. The second-order valence-electron chi connectivity index (χ2n) is 6.44. The fourth-order valence-electron chi connectivity index (χ4n) is 2.98. The number of fused-ring (bicyclic) bond motifs is 1. The van der Waals surface area contributed by atoms with Crippen LogP contribution in [-0.2, 0) is 4.74 Å². The van der Waals surface area contributed by atoms with Crippen molar-refractivity contribution in [3.05, 3.63) is 0 Å². The first-order chi connectivity index (χ1) is 8.47. The van der Waals surface area contributed by atoms with Gasteiger partial charge in [-0.15, -0.1) is 0 Å². The van der Waals surface area contributed by atoms with Crippen molar-refractivity contribution >= 4 is 6.09 Å². The molecule has 2 fully saturated rings. The molecule has 1 aliphatic heterocycles. The normalized spacial score (nSPS) is 29.4. The molecule has 1 N–H and O–H groups in total. The molecule has 1 saturated carbocycles. The van der Waals surface area contributed by atoms with Crippen molar-refractivity contribution in [2.45, 2.75) is 70.6 Å². The molecule has 0 radical (unpaired) electrons. The van der Waals surface area contributed by atoms with Crippen molar-refractivity contribution in [3.8, 4) is 0 Å². The quantitative estimate of drug-likeness (QED) is 0.722. The van der Waals surface area contributed by atoms with Crippen molar-refractivity contribution in [3.63, 3.8) is 0 Å². The molecule has 0 aromatic carbocycles. The first kappa shape index (κ1) is 13.7. The predicted molar refractivity (Wildman–Crippen MR) is 71.6 cm³/mol. The lowest BCUT2D eigenvalue weighted by Crippen LogP contribution is -2.59. The third-order valence-corrected chi connectivity index (χ3v) is 3.77. The maximum absolute atomic E-state index is 12.3. The zero-order valence-corrected chi connectivity index (χ0v) is 11.9. The third kappa shape index (κ3) is 3.37. The molecule has 4 heteroatoms. The largest absolute Gasteiger partial charge is 0.444 e. The van der Waals surface area contributed by atoms with Gasteiger partial charge in [-0.25, -0.2) is 4.79 Å². The maximum Gasteiger partial charge on any atom is 0.410 e. The first-order valence-corrected chi connectivity index (χ1v) is 7.20. The number of nitrogens with zero attached hydrogens (tertiary/aromatic N) is 1. The minimum Gasteiger partial charge on any atom is -0.444 e. The van der Waals surface area contributed by atoms with Gasteiger partial charge in [-0.1, -0.05) is 19.3 Å². The Bertz CT molecular complexity index is 299. The number of piperazine rings is 1. The van der Waals surface area contributed by atoms with Crippen molar-refractivity contribution in [2.24, 2.45) is 0 Å². The van der Waals surface area contributed by atoms with Crippen LogP contribution in [0.15, 0.2) is 0 Å². The lowest BCUT2D eigenvalue weighted by Gasteiger charge is -2.41. The molecular weight excluding hydrogens is 228 g/mol. The molecule has 0 aromatic rings. The highest BCUT2D eigenvalue weighted by Crippen LogP contribution is 2.26.